The van der Waals surface area contributed by atoms with Crippen LogP contribution in [0.2, 0.25) is 0 Å². The Balaban J connectivity index is 1.37. The first-order valence-electron chi connectivity index (χ1n) is 15.7. The van der Waals surface area contributed by atoms with Crippen molar-refractivity contribution in [1.82, 2.24) is 9.97 Å². The minimum atomic E-state index is -1.33. The Morgan fingerprint density at radius 1 is 0.686 bits per heavy atom. The lowest BCUT2D eigenvalue weighted by Crippen LogP contribution is -2.43. The third-order valence-corrected chi connectivity index (χ3v) is 8.10. The summed E-state index contributed by atoms with van der Waals surface area (Å²) in [6.45, 7) is -0.609. The van der Waals surface area contributed by atoms with Crippen LogP contribution in [0.5, 0.6) is 0 Å². The van der Waals surface area contributed by atoms with Crippen LogP contribution in [0.4, 0.5) is 17.3 Å². The molecule has 5 aromatic rings. The van der Waals surface area contributed by atoms with E-state index in [1.165, 1.54) is 0 Å². The highest BCUT2D eigenvalue weighted by molar-refractivity contribution is 7.81. The molecule has 4 aromatic carbocycles. The molecule has 1 fully saturated rings. The molecular formula is C37H31N5O8S. The number of aliphatic hydroxyl groups excluding tert-OH is 1. The van der Waals surface area contributed by atoms with Gasteiger partial charge in [0.05, 0.1) is 17.7 Å². The highest BCUT2D eigenvalue weighted by Crippen LogP contribution is 2.36. The molecule has 258 valence electrons. The van der Waals surface area contributed by atoms with E-state index in [-0.39, 0.29) is 39.6 Å². The van der Waals surface area contributed by atoms with Crippen molar-refractivity contribution in [2.75, 3.05) is 21.5 Å². The van der Waals surface area contributed by atoms with Crippen molar-refractivity contribution in [1.29, 1.82) is 0 Å². The molecule has 0 radical (unpaired) electrons. The normalized spacial score (nSPS) is 17.9. The monoisotopic (exact) mass is 705 g/mol. The minimum Gasteiger partial charge on any atom is -0.452 e. The Bertz CT molecular complexity index is 1940. The molecule has 0 aliphatic carbocycles. The molecule has 14 heteroatoms. The van der Waals surface area contributed by atoms with Gasteiger partial charge in [-0.25, -0.2) is 24.5 Å². The third-order valence-electron chi connectivity index (χ3n) is 7.87. The largest absolute Gasteiger partial charge is 0.452 e. The van der Waals surface area contributed by atoms with Crippen LogP contribution in [0.3, 0.4) is 0 Å². The maximum Gasteiger partial charge on any atom is 0.338 e. The number of imide groups is 1. The summed E-state index contributed by atoms with van der Waals surface area (Å²) in [5.74, 6) is -3.04. The van der Waals surface area contributed by atoms with Gasteiger partial charge in [0.1, 0.15) is 18.1 Å². The lowest BCUT2D eigenvalue weighted by Gasteiger charge is -2.26. The average Bonchev–Trinajstić information content (AvgIpc) is 3.50. The quantitative estimate of drug-likeness (QED) is 0.0843. The van der Waals surface area contributed by atoms with Gasteiger partial charge in [0.2, 0.25) is 0 Å². The van der Waals surface area contributed by atoms with Crippen LogP contribution in [0.15, 0.2) is 128 Å². The van der Waals surface area contributed by atoms with E-state index in [0.717, 1.165) is 11.2 Å². The molecule has 0 spiro atoms. The summed E-state index contributed by atoms with van der Waals surface area (Å²) in [5.41, 5.74) is 0.846. The topological polar surface area (TPSA) is 169 Å². The Kier molecular flexibility index (Phi) is 11.0. The van der Waals surface area contributed by atoms with E-state index in [9.17, 15) is 24.3 Å². The average molecular weight is 706 g/mol. The van der Waals surface area contributed by atoms with Crippen molar-refractivity contribution in [3.8, 4) is 0 Å². The number of nitrogens with zero attached hydrogens (tertiary/aromatic N) is 3. The van der Waals surface area contributed by atoms with E-state index in [0.29, 0.717) is 0 Å². The van der Waals surface area contributed by atoms with Gasteiger partial charge in [0.15, 0.2) is 30.1 Å². The standard InChI is InChI=1S/C37H31N5O8S/c43-21-27-29(49-36(46)25-17-9-3-10-18-25)30(50-37(47)26-19-11-4-12-20-26)33(48-27)40-31-28(41-51)32(39-22-38-31)42(34(44)23-13-5-1-6-14-23)35(45)24-15-7-2-8-16-24/h1-20,22,27,29-30,33,41,43,51H,21H2,(H,38,39,40)/t27-,29+,30+,33-/m1/s1. The summed E-state index contributed by atoms with van der Waals surface area (Å²) in [6.07, 6.45) is -3.92. The second-order valence-electron chi connectivity index (χ2n) is 11.1. The molecule has 1 aliphatic heterocycles. The van der Waals surface area contributed by atoms with Crippen molar-refractivity contribution >= 4 is 53.9 Å². The molecule has 0 saturated carbocycles. The number of carbonyl (C=O) groups is 4. The summed E-state index contributed by atoms with van der Waals surface area (Å²) in [4.78, 5) is 63.9. The number of carbonyl (C=O) groups excluding carboxylic acids is 4. The molecule has 0 unspecified atom stereocenters. The fourth-order valence-corrected chi connectivity index (χ4v) is 5.60. The maximum atomic E-state index is 13.9. The Labute approximate surface area is 297 Å². The number of anilines is 3. The van der Waals surface area contributed by atoms with Crippen LogP contribution >= 0.6 is 12.8 Å². The maximum absolute atomic E-state index is 13.9. The number of thiol groups is 1. The highest BCUT2D eigenvalue weighted by atomic mass is 32.1. The molecule has 1 aromatic heterocycles. The van der Waals surface area contributed by atoms with Crippen LogP contribution in [0.25, 0.3) is 0 Å². The van der Waals surface area contributed by atoms with E-state index in [1.807, 2.05) is 0 Å². The zero-order chi connectivity index (χ0) is 35.7. The third kappa shape index (κ3) is 7.73. The van der Waals surface area contributed by atoms with Crippen molar-refractivity contribution < 1.29 is 38.5 Å². The molecule has 13 nitrogen and oxygen atoms in total. The number of aliphatic hydroxyl groups is 1. The summed E-state index contributed by atoms with van der Waals surface area (Å²) >= 11 is 4.26. The van der Waals surface area contributed by atoms with Crippen LogP contribution in [-0.4, -0.2) is 70.0 Å². The molecule has 3 N–H and O–H groups in total. The zero-order valence-corrected chi connectivity index (χ0v) is 27.6. The van der Waals surface area contributed by atoms with Gasteiger partial charge < -0.3 is 29.4 Å². The van der Waals surface area contributed by atoms with Gasteiger partial charge in [-0.3, -0.25) is 9.59 Å². The van der Waals surface area contributed by atoms with Crippen LogP contribution in [-0.2, 0) is 14.2 Å². The number of hydrogen-bond donors (Lipinski definition) is 4. The van der Waals surface area contributed by atoms with E-state index in [4.69, 9.17) is 14.2 Å². The number of hydrogen-bond acceptors (Lipinski definition) is 13. The second-order valence-corrected chi connectivity index (χ2v) is 11.3. The van der Waals surface area contributed by atoms with Gasteiger partial charge in [0, 0.05) is 11.1 Å². The molecule has 2 amide bonds. The number of rotatable bonds is 11. The molecule has 4 atom stereocenters. The van der Waals surface area contributed by atoms with Crippen molar-refractivity contribution in [2.24, 2.45) is 0 Å². The second kappa shape index (κ2) is 16.1. The first-order valence-corrected chi connectivity index (χ1v) is 16.1. The minimum absolute atomic E-state index is 0.0172. The fourth-order valence-electron chi connectivity index (χ4n) is 5.39. The predicted molar refractivity (Wildman–Crippen MR) is 189 cm³/mol. The molecule has 2 heterocycles. The number of amides is 2. The number of aromatic nitrogens is 2. The molecule has 6 rings (SSSR count). The van der Waals surface area contributed by atoms with E-state index >= 15 is 0 Å². The van der Waals surface area contributed by atoms with Crippen LogP contribution in [0, 0.1) is 0 Å². The summed E-state index contributed by atoms with van der Waals surface area (Å²) in [6, 6.07) is 32.7. The molecule has 1 aliphatic rings. The first-order chi connectivity index (χ1) is 24.9. The highest BCUT2D eigenvalue weighted by Gasteiger charge is 2.50. The summed E-state index contributed by atoms with van der Waals surface area (Å²) < 4.78 is 20.4. The van der Waals surface area contributed by atoms with E-state index < -0.39 is 54.9 Å². The zero-order valence-electron chi connectivity index (χ0n) is 26.7. The number of nitrogens with one attached hydrogen (secondary N) is 2. The number of benzene rings is 4. The van der Waals surface area contributed by atoms with Gasteiger partial charge in [-0.1, -0.05) is 85.6 Å². The number of ether oxygens (including phenoxy) is 3. The van der Waals surface area contributed by atoms with Crippen molar-refractivity contribution in [2.45, 2.75) is 24.5 Å². The van der Waals surface area contributed by atoms with Gasteiger partial charge in [-0.2, -0.15) is 0 Å². The molecule has 0 bridgehead atoms. The first kappa shape index (κ1) is 34.8. The Hall–Kier alpha value is -6.09. The van der Waals surface area contributed by atoms with Crippen molar-refractivity contribution in [3.05, 3.63) is 150 Å². The lowest BCUT2D eigenvalue weighted by molar-refractivity contribution is -0.0389. The lowest BCUT2D eigenvalue weighted by atomic mass is 10.1. The molecule has 1 saturated heterocycles. The Morgan fingerprint density at radius 3 is 1.59 bits per heavy atom. The van der Waals surface area contributed by atoms with E-state index in [1.54, 1.807) is 121 Å². The molecule has 51 heavy (non-hydrogen) atoms. The predicted octanol–water partition coefficient (Wildman–Crippen LogP) is 4.80. The SMILES string of the molecule is O=C(O[C@@H]1[C@H](OC(=O)c2ccccc2)[C@H](Nc2ncnc(N(C(=O)c3ccccc3)C(=O)c3ccccc3)c2NS)O[C@@H]1CO)c1ccccc1. The number of esters is 2. The van der Waals surface area contributed by atoms with Gasteiger partial charge in [-0.15, -0.1) is 0 Å². The smallest absolute Gasteiger partial charge is 0.338 e. The van der Waals surface area contributed by atoms with Crippen LogP contribution in [0.1, 0.15) is 41.4 Å². The van der Waals surface area contributed by atoms with Gasteiger partial charge in [-0.05, 0) is 48.5 Å². The van der Waals surface area contributed by atoms with Crippen molar-refractivity contribution in [3.63, 3.8) is 0 Å². The molecular weight excluding hydrogens is 675 g/mol. The van der Waals surface area contributed by atoms with Gasteiger partial charge in [0.25, 0.3) is 11.8 Å². The van der Waals surface area contributed by atoms with E-state index in [2.05, 4.69) is 32.8 Å². The fraction of sp³-hybridized carbons (Fsp3) is 0.135. The Morgan fingerprint density at radius 2 is 1.14 bits per heavy atom. The van der Waals surface area contributed by atoms with Crippen LogP contribution < -0.4 is 14.9 Å². The van der Waals surface area contributed by atoms with Gasteiger partial charge >= 0.3 is 11.9 Å². The summed E-state index contributed by atoms with van der Waals surface area (Å²) in [5, 5.41) is 13.3. The summed E-state index contributed by atoms with van der Waals surface area (Å²) in [7, 11) is 0.